The molecule has 0 spiro atoms. The van der Waals surface area contributed by atoms with E-state index in [9.17, 15) is 13.2 Å². The largest absolute Gasteiger partial charge is 0.376 e. The van der Waals surface area contributed by atoms with Crippen LogP contribution in [0.3, 0.4) is 0 Å². The van der Waals surface area contributed by atoms with Crippen LogP contribution in [0.5, 0.6) is 0 Å². The molecule has 0 unspecified atom stereocenters. The van der Waals surface area contributed by atoms with Crippen molar-refractivity contribution in [3.05, 3.63) is 54.1 Å². The zero-order valence-electron chi connectivity index (χ0n) is 14.8. The first-order valence-corrected chi connectivity index (χ1v) is 10.6. The summed E-state index contributed by atoms with van der Waals surface area (Å²) in [4.78, 5) is 12.6. The second-order valence-electron chi connectivity index (χ2n) is 6.57. The maximum atomic E-state index is 12.3. The Morgan fingerprint density at radius 2 is 1.65 bits per heavy atom. The van der Waals surface area contributed by atoms with Crippen LogP contribution in [0.15, 0.2) is 53.4 Å². The van der Waals surface area contributed by atoms with E-state index in [0.717, 1.165) is 37.0 Å². The number of amides is 1. The van der Waals surface area contributed by atoms with Gasteiger partial charge >= 0.3 is 0 Å². The number of nitrogens with one attached hydrogen (secondary N) is 1. The van der Waals surface area contributed by atoms with Crippen LogP contribution in [0, 0.1) is 0 Å². The van der Waals surface area contributed by atoms with Crippen molar-refractivity contribution in [2.75, 3.05) is 19.4 Å². The number of hydrogen-bond acceptors (Lipinski definition) is 4. The van der Waals surface area contributed by atoms with Crippen molar-refractivity contribution in [3.63, 3.8) is 0 Å². The Morgan fingerprint density at radius 1 is 1.04 bits per heavy atom. The third-order valence-corrected chi connectivity index (χ3v) is 5.66. The molecule has 26 heavy (non-hydrogen) atoms. The van der Waals surface area contributed by atoms with E-state index in [2.05, 4.69) is 5.32 Å². The Labute approximate surface area is 154 Å². The van der Waals surface area contributed by atoms with Crippen LogP contribution in [0.2, 0.25) is 0 Å². The molecule has 5 nitrogen and oxygen atoms in total. The lowest BCUT2D eigenvalue weighted by Gasteiger charge is -2.22. The molecule has 1 N–H and O–H groups in total. The molecular formula is C20H23NO4S. The molecule has 2 aromatic rings. The van der Waals surface area contributed by atoms with Gasteiger partial charge in [0, 0.05) is 25.0 Å². The Balaban J connectivity index is 1.63. The Morgan fingerprint density at radius 3 is 2.19 bits per heavy atom. The lowest BCUT2D eigenvalue weighted by Crippen LogP contribution is -2.35. The lowest BCUT2D eigenvalue weighted by atomic mass is 10.0. The highest BCUT2D eigenvalue weighted by Gasteiger charge is 2.15. The van der Waals surface area contributed by atoms with Gasteiger partial charge in [-0.2, -0.15) is 0 Å². The molecule has 1 aliphatic rings. The molecule has 0 saturated carbocycles. The first-order valence-electron chi connectivity index (χ1n) is 8.74. The van der Waals surface area contributed by atoms with Gasteiger partial charge in [-0.1, -0.05) is 24.3 Å². The van der Waals surface area contributed by atoms with Gasteiger partial charge in [0.2, 0.25) is 0 Å². The van der Waals surface area contributed by atoms with Crippen LogP contribution in [-0.2, 0) is 14.6 Å². The first-order chi connectivity index (χ1) is 12.4. The molecule has 2 aromatic carbocycles. The molecular weight excluding hydrogens is 350 g/mol. The van der Waals surface area contributed by atoms with Crippen LogP contribution < -0.4 is 5.32 Å². The molecule has 0 bridgehead atoms. The van der Waals surface area contributed by atoms with Crippen molar-refractivity contribution in [1.82, 2.24) is 5.32 Å². The molecule has 0 aromatic heterocycles. The molecule has 3 rings (SSSR count). The molecule has 0 radical (unpaired) electrons. The second-order valence-corrected chi connectivity index (χ2v) is 8.59. The van der Waals surface area contributed by atoms with E-state index in [1.54, 1.807) is 36.4 Å². The zero-order chi connectivity index (χ0) is 18.6. The molecule has 1 fully saturated rings. The summed E-state index contributed by atoms with van der Waals surface area (Å²) in [5.74, 6) is -0.113. The summed E-state index contributed by atoms with van der Waals surface area (Å²) < 4.78 is 28.7. The molecule has 6 heteroatoms. The number of rotatable bonds is 5. The van der Waals surface area contributed by atoms with Crippen LogP contribution in [0.1, 0.15) is 29.6 Å². The zero-order valence-corrected chi connectivity index (χ0v) is 15.6. The topological polar surface area (TPSA) is 72.5 Å². The Hall–Kier alpha value is -2.18. The van der Waals surface area contributed by atoms with Crippen LogP contribution in [-0.4, -0.2) is 39.8 Å². The predicted octanol–water partition coefficient (Wildman–Crippen LogP) is 3.06. The minimum atomic E-state index is -3.20. The van der Waals surface area contributed by atoms with Crippen LogP contribution in [0.4, 0.5) is 0 Å². The van der Waals surface area contributed by atoms with Crippen molar-refractivity contribution < 1.29 is 17.9 Å². The number of carbonyl (C=O) groups is 1. The number of ether oxygens (including phenoxy) is 1. The molecule has 1 aliphatic heterocycles. The van der Waals surface area contributed by atoms with Gasteiger partial charge in [0.15, 0.2) is 9.84 Å². The fraction of sp³-hybridized carbons (Fsp3) is 0.350. The highest BCUT2D eigenvalue weighted by atomic mass is 32.2. The van der Waals surface area contributed by atoms with E-state index in [-0.39, 0.29) is 12.0 Å². The Kier molecular flexibility index (Phi) is 5.74. The van der Waals surface area contributed by atoms with Gasteiger partial charge in [0.05, 0.1) is 11.0 Å². The van der Waals surface area contributed by atoms with Gasteiger partial charge in [-0.05, 0) is 54.7 Å². The van der Waals surface area contributed by atoms with Gasteiger partial charge in [-0.3, -0.25) is 4.79 Å². The molecule has 138 valence electrons. The van der Waals surface area contributed by atoms with Crippen LogP contribution in [0.25, 0.3) is 11.1 Å². The summed E-state index contributed by atoms with van der Waals surface area (Å²) in [5, 5.41) is 2.92. The normalized spacial score (nSPS) is 17.7. The predicted molar refractivity (Wildman–Crippen MR) is 101 cm³/mol. The number of carbonyl (C=O) groups excluding carboxylic acids is 1. The summed E-state index contributed by atoms with van der Waals surface area (Å²) >= 11 is 0. The third kappa shape index (κ3) is 4.71. The van der Waals surface area contributed by atoms with Crippen molar-refractivity contribution in [2.45, 2.75) is 30.3 Å². The monoisotopic (exact) mass is 373 g/mol. The van der Waals surface area contributed by atoms with Gasteiger partial charge < -0.3 is 10.1 Å². The molecule has 1 saturated heterocycles. The maximum absolute atomic E-state index is 12.3. The van der Waals surface area contributed by atoms with Gasteiger partial charge in [-0.15, -0.1) is 0 Å². The van der Waals surface area contributed by atoms with Gasteiger partial charge in [0.25, 0.3) is 5.91 Å². The number of benzene rings is 2. The second kappa shape index (κ2) is 8.01. The highest BCUT2D eigenvalue weighted by Crippen LogP contribution is 2.22. The summed E-state index contributed by atoms with van der Waals surface area (Å²) in [6.07, 6.45) is 4.53. The average molecular weight is 373 g/mol. The minimum Gasteiger partial charge on any atom is -0.376 e. The number of hydrogen-bond donors (Lipinski definition) is 1. The summed E-state index contributed by atoms with van der Waals surface area (Å²) in [7, 11) is -3.20. The molecule has 1 heterocycles. The molecule has 1 atom stereocenters. The summed E-state index contributed by atoms with van der Waals surface area (Å²) in [5.41, 5.74) is 2.43. The Bertz CT molecular complexity index is 852. The SMILES string of the molecule is CS(=O)(=O)c1ccc(-c2ccc(C(=O)NC[C@H]3CCCCO3)cc2)cc1. The minimum absolute atomic E-state index is 0.111. The van der Waals surface area contributed by atoms with Gasteiger partial charge in [-0.25, -0.2) is 8.42 Å². The third-order valence-electron chi connectivity index (χ3n) is 4.53. The lowest BCUT2D eigenvalue weighted by molar-refractivity contribution is 0.0169. The molecule has 1 amide bonds. The van der Waals surface area contributed by atoms with E-state index >= 15 is 0 Å². The van der Waals surface area contributed by atoms with Crippen LogP contribution >= 0.6 is 0 Å². The van der Waals surface area contributed by atoms with Gasteiger partial charge in [0.1, 0.15) is 0 Å². The van der Waals surface area contributed by atoms with E-state index in [0.29, 0.717) is 17.0 Å². The van der Waals surface area contributed by atoms with E-state index in [4.69, 9.17) is 4.74 Å². The quantitative estimate of drug-likeness (QED) is 0.874. The van der Waals surface area contributed by atoms with Crippen molar-refractivity contribution in [2.24, 2.45) is 0 Å². The smallest absolute Gasteiger partial charge is 0.251 e. The fourth-order valence-electron chi connectivity index (χ4n) is 2.99. The number of sulfone groups is 1. The highest BCUT2D eigenvalue weighted by molar-refractivity contribution is 7.90. The van der Waals surface area contributed by atoms with Crippen molar-refractivity contribution in [3.8, 4) is 11.1 Å². The van der Waals surface area contributed by atoms with Crippen molar-refractivity contribution in [1.29, 1.82) is 0 Å². The average Bonchev–Trinajstić information content (AvgIpc) is 2.66. The summed E-state index contributed by atoms with van der Waals surface area (Å²) in [6.45, 7) is 1.31. The van der Waals surface area contributed by atoms with E-state index in [1.165, 1.54) is 6.26 Å². The standard InChI is InChI=1S/C20H23NO4S/c1-26(23,24)19-11-9-16(10-12-19)15-5-7-17(8-6-15)20(22)21-14-18-4-2-3-13-25-18/h5-12,18H,2-4,13-14H2,1H3,(H,21,22)/t18-/m1/s1. The van der Waals surface area contributed by atoms with Crippen molar-refractivity contribution >= 4 is 15.7 Å². The molecule has 0 aliphatic carbocycles. The summed E-state index contributed by atoms with van der Waals surface area (Å²) in [6, 6.07) is 14.0. The first kappa shape index (κ1) is 18.6. The fourth-order valence-corrected chi connectivity index (χ4v) is 3.62. The van der Waals surface area contributed by atoms with E-state index < -0.39 is 9.84 Å². The van der Waals surface area contributed by atoms with E-state index in [1.807, 2.05) is 12.1 Å². The maximum Gasteiger partial charge on any atom is 0.251 e.